The lowest BCUT2D eigenvalue weighted by molar-refractivity contribution is 0.0360. The summed E-state index contributed by atoms with van der Waals surface area (Å²) in [6.45, 7) is 9.65. The quantitative estimate of drug-likeness (QED) is 0.766. The summed E-state index contributed by atoms with van der Waals surface area (Å²) in [5, 5.41) is 1.95. The highest BCUT2D eigenvalue weighted by atomic mass is 16.6. The first-order chi connectivity index (χ1) is 6.90. The van der Waals surface area contributed by atoms with Crippen molar-refractivity contribution in [1.82, 2.24) is 10.4 Å². The summed E-state index contributed by atoms with van der Waals surface area (Å²) in [5.74, 6) is 0.708. The van der Waals surface area contributed by atoms with Crippen molar-refractivity contribution in [2.24, 2.45) is 5.92 Å². The minimum Gasteiger partial charge on any atom is -0.443 e. The number of nitrogens with zero attached hydrogens (tertiary/aromatic N) is 1. The first kappa shape index (κ1) is 12.3. The first-order valence-corrected chi connectivity index (χ1v) is 5.65. The van der Waals surface area contributed by atoms with Crippen LogP contribution in [0.25, 0.3) is 0 Å². The number of hydrazine groups is 1. The molecule has 0 aromatic heterocycles. The van der Waals surface area contributed by atoms with Crippen LogP contribution in [0.4, 0.5) is 4.79 Å². The molecule has 0 saturated carbocycles. The van der Waals surface area contributed by atoms with Crippen molar-refractivity contribution in [3.8, 4) is 0 Å². The number of hydrogen-bond donors (Lipinski definition) is 1. The van der Waals surface area contributed by atoms with Gasteiger partial charge in [0.15, 0.2) is 0 Å². The molecular weight excluding hydrogens is 192 g/mol. The van der Waals surface area contributed by atoms with Crippen molar-refractivity contribution in [3.05, 3.63) is 0 Å². The zero-order valence-corrected chi connectivity index (χ0v) is 10.2. The summed E-state index contributed by atoms with van der Waals surface area (Å²) >= 11 is 0. The molecule has 1 saturated heterocycles. The van der Waals surface area contributed by atoms with E-state index in [1.165, 1.54) is 6.42 Å². The second-order valence-corrected chi connectivity index (χ2v) is 5.12. The molecule has 0 aliphatic carbocycles. The van der Waals surface area contributed by atoms with E-state index < -0.39 is 5.60 Å². The molecule has 1 N–H and O–H groups in total. The van der Waals surface area contributed by atoms with Crippen molar-refractivity contribution in [2.75, 3.05) is 13.1 Å². The maximum Gasteiger partial charge on any atom is 0.422 e. The molecule has 1 rings (SSSR count). The van der Waals surface area contributed by atoms with Gasteiger partial charge >= 0.3 is 6.09 Å². The van der Waals surface area contributed by atoms with Gasteiger partial charge in [-0.05, 0) is 33.1 Å². The Morgan fingerprint density at radius 1 is 1.53 bits per heavy atom. The molecule has 0 aromatic carbocycles. The molecule has 1 aliphatic heterocycles. The van der Waals surface area contributed by atoms with E-state index in [1.54, 1.807) is 0 Å². The average molecular weight is 214 g/mol. The molecule has 4 nitrogen and oxygen atoms in total. The van der Waals surface area contributed by atoms with Crippen LogP contribution in [0.15, 0.2) is 0 Å². The van der Waals surface area contributed by atoms with Gasteiger partial charge in [0, 0.05) is 13.1 Å². The Bertz CT molecular complexity index is 223. The molecule has 15 heavy (non-hydrogen) atoms. The van der Waals surface area contributed by atoms with Crippen LogP contribution in [-0.4, -0.2) is 29.8 Å². The Balaban J connectivity index is 2.28. The van der Waals surface area contributed by atoms with E-state index in [2.05, 4.69) is 12.3 Å². The number of carbonyl (C=O) groups excluding carboxylic acids is 1. The second kappa shape index (κ2) is 4.84. The fraction of sp³-hybridized carbons (Fsp3) is 0.909. The highest BCUT2D eigenvalue weighted by molar-refractivity contribution is 5.67. The van der Waals surface area contributed by atoms with E-state index in [1.807, 2.05) is 25.8 Å². The first-order valence-electron chi connectivity index (χ1n) is 5.65. The molecule has 1 atom stereocenters. The van der Waals surface area contributed by atoms with Crippen LogP contribution in [-0.2, 0) is 4.74 Å². The SMILES string of the molecule is CCC1CCN(NC(=O)OC(C)(C)C)C1. The molecule has 1 heterocycles. The molecule has 0 aromatic rings. The summed E-state index contributed by atoms with van der Waals surface area (Å²) in [6.07, 6.45) is 1.98. The number of ether oxygens (including phenoxy) is 1. The molecule has 1 aliphatic rings. The Morgan fingerprint density at radius 3 is 2.67 bits per heavy atom. The van der Waals surface area contributed by atoms with Crippen LogP contribution >= 0.6 is 0 Å². The Morgan fingerprint density at radius 2 is 2.20 bits per heavy atom. The number of carbonyl (C=O) groups is 1. The molecular formula is C11H22N2O2. The van der Waals surface area contributed by atoms with Crippen LogP contribution in [0.1, 0.15) is 40.5 Å². The summed E-state index contributed by atoms with van der Waals surface area (Å²) < 4.78 is 5.18. The van der Waals surface area contributed by atoms with Gasteiger partial charge in [-0.3, -0.25) is 5.43 Å². The monoisotopic (exact) mass is 214 g/mol. The molecule has 0 radical (unpaired) electrons. The third-order valence-corrected chi connectivity index (χ3v) is 2.51. The average Bonchev–Trinajstić information content (AvgIpc) is 2.48. The second-order valence-electron chi connectivity index (χ2n) is 5.12. The Labute approximate surface area is 91.9 Å². The fourth-order valence-corrected chi connectivity index (χ4v) is 1.70. The molecule has 4 heteroatoms. The van der Waals surface area contributed by atoms with Gasteiger partial charge in [0.1, 0.15) is 5.60 Å². The normalized spacial score (nSPS) is 22.8. The highest BCUT2D eigenvalue weighted by Crippen LogP contribution is 2.17. The van der Waals surface area contributed by atoms with E-state index in [4.69, 9.17) is 4.74 Å². The summed E-state index contributed by atoms with van der Waals surface area (Å²) in [4.78, 5) is 11.4. The van der Waals surface area contributed by atoms with Crippen LogP contribution in [0.2, 0.25) is 0 Å². The van der Waals surface area contributed by atoms with Crippen LogP contribution in [0, 0.1) is 5.92 Å². The van der Waals surface area contributed by atoms with E-state index >= 15 is 0 Å². The summed E-state index contributed by atoms with van der Waals surface area (Å²) in [6, 6.07) is 0. The summed E-state index contributed by atoms with van der Waals surface area (Å²) in [5.41, 5.74) is 2.35. The third-order valence-electron chi connectivity index (χ3n) is 2.51. The lowest BCUT2D eigenvalue weighted by Gasteiger charge is -2.23. The number of nitrogens with one attached hydrogen (secondary N) is 1. The van der Waals surface area contributed by atoms with Crippen molar-refractivity contribution in [1.29, 1.82) is 0 Å². The lowest BCUT2D eigenvalue weighted by atomic mass is 10.1. The van der Waals surface area contributed by atoms with Gasteiger partial charge in [-0.2, -0.15) is 0 Å². The van der Waals surface area contributed by atoms with Crippen LogP contribution in [0.5, 0.6) is 0 Å². The Hall–Kier alpha value is -0.770. The van der Waals surface area contributed by atoms with Gasteiger partial charge in [0.2, 0.25) is 0 Å². The maximum absolute atomic E-state index is 11.4. The smallest absolute Gasteiger partial charge is 0.422 e. The predicted octanol–water partition coefficient (Wildman–Crippen LogP) is 2.16. The standard InChI is InChI=1S/C11H22N2O2/c1-5-9-6-7-13(8-9)12-10(14)15-11(2,3)4/h9H,5-8H2,1-4H3,(H,12,14). The molecule has 1 amide bonds. The van der Waals surface area contributed by atoms with Crippen molar-refractivity contribution >= 4 is 6.09 Å². The van der Waals surface area contributed by atoms with Gasteiger partial charge in [-0.15, -0.1) is 0 Å². The minimum atomic E-state index is -0.423. The topological polar surface area (TPSA) is 41.6 Å². The molecule has 0 bridgehead atoms. The van der Waals surface area contributed by atoms with Crippen molar-refractivity contribution < 1.29 is 9.53 Å². The van der Waals surface area contributed by atoms with Gasteiger partial charge in [-0.25, -0.2) is 9.80 Å². The molecule has 0 spiro atoms. The zero-order valence-electron chi connectivity index (χ0n) is 10.2. The predicted molar refractivity (Wildman–Crippen MR) is 59.3 cm³/mol. The van der Waals surface area contributed by atoms with E-state index in [0.717, 1.165) is 19.5 Å². The van der Waals surface area contributed by atoms with E-state index in [0.29, 0.717) is 5.92 Å². The number of rotatable bonds is 2. The van der Waals surface area contributed by atoms with Gasteiger partial charge in [0.05, 0.1) is 0 Å². The molecule has 1 unspecified atom stereocenters. The maximum atomic E-state index is 11.4. The lowest BCUT2D eigenvalue weighted by Crippen LogP contribution is -2.43. The van der Waals surface area contributed by atoms with Gasteiger partial charge in [0.25, 0.3) is 0 Å². The van der Waals surface area contributed by atoms with Gasteiger partial charge < -0.3 is 4.74 Å². The Kier molecular flexibility index (Phi) is 3.97. The van der Waals surface area contributed by atoms with E-state index in [9.17, 15) is 4.79 Å². The highest BCUT2D eigenvalue weighted by Gasteiger charge is 2.24. The number of amides is 1. The minimum absolute atomic E-state index is 0.348. The van der Waals surface area contributed by atoms with Crippen molar-refractivity contribution in [3.63, 3.8) is 0 Å². The van der Waals surface area contributed by atoms with Crippen LogP contribution < -0.4 is 5.43 Å². The van der Waals surface area contributed by atoms with E-state index in [-0.39, 0.29) is 6.09 Å². The number of hydrogen-bond acceptors (Lipinski definition) is 3. The summed E-state index contributed by atoms with van der Waals surface area (Å²) in [7, 11) is 0. The molecule has 1 fully saturated rings. The van der Waals surface area contributed by atoms with Gasteiger partial charge in [-0.1, -0.05) is 13.3 Å². The van der Waals surface area contributed by atoms with Crippen molar-refractivity contribution in [2.45, 2.75) is 46.1 Å². The zero-order chi connectivity index (χ0) is 11.5. The third kappa shape index (κ3) is 4.51. The fourth-order valence-electron chi connectivity index (χ4n) is 1.70. The van der Waals surface area contributed by atoms with Crippen LogP contribution in [0.3, 0.4) is 0 Å². The molecule has 88 valence electrons. The largest absolute Gasteiger partial charge is 0.443 e.